The summed E-state index contributed by atoms with van der Waals surface area (Å²) in [4.78, 5) is 43.6. The number of likely N-dealkylation sites (N-methyl/N-ethyl adjacent to an activating group) is 1. The Kier molecular flexibility index (Phi) is 5.81. The number of rotatable bonds is 4. The minimum Gasteiger partial charge on any atom is -0.507 e. The minimum atomic E-state index is -1.58. The number of benzene rings is 1. The monoisotopic (exact) mass is 487 g/mol. The van der Waals surface area contributed by atoms with Crippen molar-refractivity contribution in [2.45, 2.75) is 25.8 Å². The normalized spacial score (nSPS) is 28.5. The molecule has 0 aromatic heterocycles. The van der Waals surface area contributed by atoms with Gasteiger partial charge in [-0.2, -0.15) is 0 Å². The molecule has 3 aliphatic rings. The van der Waals surface area contributed by atoms with Crippen molar-refractivity contribution in [1.29, 1.82) is 0 Å². The third kappa shape index (κ3) is 3.11. The summed E-state index contributed by atoms with van der Waals surface area (Å²) in [6.45, 7) is 1.55. The van der Waals surface area contributed by atoms with Crippen LogP contribution in [0.15, 0.2) is 28.3 Å². The topological polar surface area (TPSA) is 113 Å². The molecule has 0 heterocycles. The van der Waals surface area contributed by atoms with Crippen molar-refractivity contribution in [2.75, 3.05) is 40.2 Å². The highest BCUT2D eigenvalue weighted by molar-refractivity contribution is 6.40. The molecule has 8 nitrogen and oxygen atoms in total. The zero-order chi connectivity index (χ0) is 25.3. The SMILES string of the molecule is COc1ccc(N(C)C)c2c1C(O)=C1C(=O)[C@]3(C)C(=O)C(C(N)=O)=C(Cl)[C@@H](N(C)C)[C@@H]3C[C@@H]1C2. The number of ketones is 2. The van der Waals surface area contributed by atoms with Gasteiger partial charge in [0.2, 0.25) is 0 Å². The molecular formula is C25H30ClN3O5. The summed E-state index contributed by atoms with van der Waals surface area (Å²) in [6.07, 6.45) is 0.929. The Balaban J connectivity index is 1.98. The lowest BCUT2D eigenvalue weighted by Gasteiger charge is -2.51. The number of aliphatic hydroxyl groups excluding tert-OH is 1. The molecule has 0 bridgehead atoms. The van der Waals surface area contributed by atoms with Gasteiger partial charge in [0.05, 0.1) is 34.7 Å². The fourth-order valence-electron chi connectivity index (χ4n) is 6.06. The number of aliphatic hydroxyl groups is 1. The Hall–Kier alpha value is -2.84. The molecule has 0 aliphatic heterocycles. The van der Waals surface area contributed by atoms with Crippen molar-refractivity contribution in [3.05, 3.63) is 39.4 Å². The number of nitrogens with zero attached hydrogens (tertiary/aromatic N) is 2. The maximum absolute atomic E-state index is 14.1. The first-order valence-electron chi connectivity index (χ1n) is 11.1. The molecule has 1 saturated carbocycles. The van der Waals surface area contributed by atoms with Crippen molar-refractivity contribution in [3.63, 3.8) is 0 Å². The van der Waals surface area contributed by atoms with Gasteiger partial charge in [0.15, 0.2) is 11.6 Å². The molecule has 3 N–H and O–H groups in total. The van der Waals surface area contributed by atoms with Crippen LogP contribution in [0.5, 0.6) is 5.75 Å². The highest BCUT2D eigenvalue weighted by Gasteiger charge is 2.62. The number of carbonyl (C=O) groups is 3. The van der Waals surface area contributed by atoms with E-state index < -0.39 is 34.8 Å². The third-order valence-corrected chi connectivity index (χ3v) is 8.09. The van der Waals surface area contributed by atoms with Crippen LogP contribution in [0.3, 0.4) is 0 Å². The predicted octanol–water partition coefficient (Wildman–Crippen LogP) is 2.29. The lowest BCUT2D eigenvalue weighted by Crippen LogP contribution is -2.60. The number of methoxy groups -OCH3 is 1. The first kappa shape index (κ1) is 24.3. The Bertz CT molecular complexity index is 1190. The molecule has 34 heavy (non-hydrogen) atoms. The smallest absolute Gasteiger partial charge is 0.253 e. The Labute approximate surface area is 204 Å². The summed E-state index contributed by atoms with van der Waals surface area (Å²) in [6, 6.07) is 3.14. The molecule has 9 heteroatoms. The van der Waals surface area contributed by atoms with Crippen LogP contribution in [0.2, 0.25) is 0 Å². The van der Waals surface area contributed by atoms with Gasteiger partial charge in [-0.3, -0.25) is 14.4 Å². The molecule has 0 radical (unpaired) electrons. The molecule has 3 aliphatic carbocycles. The molecule has 0 unspecified atom stereocenters. The van der Waals surface area contributed by atoms with Gasteiger partial charge in [-0.1, -0.05) is 11.6 Å². The number of amides is 1. The Morgan fingerprint density at radius 2 is 1.85 bits per heavy atom. The molecule has 1 fully saturated rings. The van der Waals surface area contributed by atoms with E-state index in [1.54, 1.807) is 27.1 Å². The molecular weight excluding hydrogens is 458 g/mol. The number of nitrogens with two attached hydrogens (primary N) is 1. The number of halogens is 1. The quantitative estimate of drug-likeness (QED) is 0.494. The van der Waals surface area contributed by atoms with E-state index in [-0.39, 0.29) is 27.9 Å². The van der Waals surface area contributed by atoms with Gasteiger partial charge < -0.3 is 25.4 Å². The van der Waals surface area contributed by atoms with Crippen LogP contribution in [0.1, 0.15) is 24.5 Å². The predicted molar refractivity (Wildman–Crippen MR) is 130 cm³/mol. The van der Waals surface area contributed by atoms with Crippen molar-refractivity contribution in [2.24, 2.45) is 23.0 Å². The maximum Gasteiger partial charge on any atom is 0.253 e. The van der Waals surface area contributed by atoms with Gasteiger partial charge in [0.1, 0.15) is 11.5 Å². The minimum absolute atomic E-state index is 0.0706. The number of ether oxygens (including phenoxy) is 1. The van der Waals surface area contributed by atoms with E-state index in [0.29, 0.717) is 24.2 Å². The number of allylic oxidation sites excluding steroid dienone is 1. The molecule has 182 valence electrons. The second-order valence-electron chi connectivity index (χ2n) is 9.90. The van der Waals surface area contributed by atoms with Crippen LogP contribution in [-0.4, -0.2) is 68.8 Å². The van der Waals surface area contributed by atoms with Gasteiger partial charge >= 0.3 is 0 Å². The molecule has 0 saturated heterocycles. The van der Waals surface area contributed by atoms with Crippen molar-refractivity contribution in [1.82, 2.24) is 4.90 Å². The van der Waals surface area contributed by atoms with Crippen LogP contribution in [0.4, 0.5) is 5.69 Å². The van der Waals surface area contributed by atoms with E-state index in [9.17, 15) is 19.5 Å². The Morgan fingerprint density at radius 1 is 1.21 bits per heavy atom. The fourth-order valence-corrected chi connectivity index (χ4v) is 6.58. The molecule has 0 spiro atoms. The molecule has 1 aromatic rings. The number of anilines is 1. The summed E-state index contributed by atoms with van der Waals surface area (Å²) in [5.41, 5.74) is 6.07. The summed E-state index contributed by atoms with van der Waals surface area (Å²) in [7, 11) is 8.92. The lowest BCUT2D eigenvalue weighted by atomic mass is 9.52. The van der Waals surface area contributed by atoms with Crippen LogP contribution < -0.4 is 15.4 Å². The molecule has 1 amide bonds. The van der Waals surface area contributed by atoms with E-state index in [4.69, 9.17) is 22.1 Å². The zero-order valence-corrected chi connectivity index (χ0v) is 21.0. The van der Waals surface area contributed by atoms with Crippen LogP contribution in [0.25, 0.3) is 5.76 Å². The van der Waals surface area contributed by atoms with E-state index in [1.165, 1.54) is 7.11 Å². The summed E-state index contributed by atoms with van der Waals surface area (Å²) < 4.78 is 5.51. The number of primary amides is 1. The van der Waals surface area contributed by atoms with Crippen molar-refractivity contribution < 1.29 is 24.2 Å². The number of Topliss-reactive ketones (excluding diaryl/α,β-unsaturated/α-hetero) is 2. The molecule has 1 aromatic carbocycles. The first-order valence-corrected chi connectivity index (χ1v) is 11.5. The van der Waals surface area contributed by atoms with Gasteiger partial charge in [-0.05, 0) is 57.5 Å². The molecule has 4 atom stereocenters. The van der Waals surface area contributed by atoms with Gasteiger partial charge in [-0.25, -0.2) is 0 Å². The van der Waals surface area contributed by atoms with E-state index in [1.807, 2.05) is 30.0 Å². The average Bonchev–Trinajstić information content (AvgIpc) is 2.74. The summed E-state index contributed by atoms with van der Waals surface area (Å²) >= 11 is 6.57. The van der Waals surface area contributed by atoms with Gasteiger partial charge in [0, 0.05) is 31.3 Å². The highest BCUT2D eigenvalue weighted by Crippen LogP contribution is 2.56. The highest BCUT2D eigenvalue weighted by atomic mass is 35.5. The second kappa shape index (κ2) is 8.13. The lowest BCUT2D eigenvalue weighted by molar-refractivity contribution is -0.145. The standard InChI is InChI=1S/C25H30ClN3O5/c1-25-13(20(29(4)5)19(26)18(23(25)32)24(27)33)10-11-9-12-14(28(2)3)7-8-15(34-6)17(12)21(30)16(11)22(25)31/h7-8,11,13,20,30H,9-10H2,1-6H3,(H2,27,33)/t11-,13-,20-,25+/m0/s1. The number of carbonyl (C=O) groups excluding carboxylic acids is 3. The summed E-state index contributed by atoms with van der Waals surface area (Å²) in [5.74, 6) is -2.67. The molecule has 4 rings (SSSR count). The average molecular weight is 488 g/mol. The number of hydrogen-bond acceptors (Lipinski definition) is 7. The number of fused-ring (bicyclic) bond motifs is 3. The van der Waals surface area contributed by atoms with Crippen molar-refractivity contribution in [3.8, 4) is 5.75 Å². The van der Waals surface area contributed by atoms with E-state index >= 15 is 0 Å². The number of hydrogen-bond donors (Lipinski definition) is 2. The fraction of sp³-hybridized carbons (Fsp3) is 0.480. The zero-order valence-electron chi connectivity index (χ0n) is 20.2. The van der Waals surface area contributed by atoms with Crippen molar-refractivity contribution >= 4 is 40.5 Å². The van der Waals surface area contributed by atoms with Gasteiger partial charge in [-0.15, -0.1) is 0 Å². The third-order valence-electron chi connectivity index (χ3n) is 7.68. The largest absolute Gasteiger partial charge is 0.507 e. The van der Waals surface area contributed by atoms with Crippen LogP contribution in [-0.2, 0) is 20.8 Å². The maximum atomic E-state index is 14.1. The second-order valence-corrected chi connectivity index (χ2v) is 10.3. The van der Waals surface area contributed by atoms with Crippen LogP contribution in [0, 0.1) is 17.3 Å². The van der Waals surface area contributed by atoms with E-state index in [2.05, 4.69) is 0 Å². The summed E-state index contributed by atoms with van der Waals surface area (Å²) in [5, 5.41) is 11.5. The Morgan fingerprint density at radius 3 is 2.38 bits per heavy atom. The first-order chi connectivity index (χ1) is 15.9. The van der Waals surface area contributed by atoms with Gasteiger partial charge in [0.25, 0.3) is 5.91 Å². The van der Waals surface area contributed by atoms with E-state index in [0.717, 1.165) is 11.3 Å². The van der Waals surface area contributed by atoms with Crippen LogP contribution >= 0.6 is 11.6 Å².